The van der Waals surface area contributed by atoms with Gasteiger partial charge in [0, 0.05) is 46.1 Å². The third-order valence-electron chi connectivity index (χ3n) is 4.65. The van der Waals surface area contributed by atoms with E-state index in [0.29, 0.717) is 23.1 Å². The molecule has 1 aromatic carbocycles. The van der Waals surface area contributed by atoms with Gasteiger partial charge in [-0.25, -0.2) is 9.38 Å². The average Bonchev–Trinajstić information content (AvgIpc) is 2.80. The van der Waals surface area contributed by atoms with Gasteiger partial charge in [-0.05, 0) is 48.7 Å². The largest absolute Gasteiger partial charge is 0.383 e. The van der Waals surface area contributed by atoms with Crippen LogP contribution in [-0.2, 0) is 10.5 Å². The molecule has 0 aliphatic heterocycles. The van der Waals surface area contributed by atoms with Gasteiger partial charge in [0.05, 0.1) is 17.8 Å². The molecule has 0 fully saturated rings. The number of aromatic nitrogens is 1. The normalized spacial score (nSPS) is 12.9. The lowest BCUT2D eigenvalue weighted by Gasteiger charge is -2.13. The molecule has 0 spiro atoms. The maximum Gasteiger partial charge on any atom is 0.321 e. The fraction of sp³-hybridized carbons (Fsp3) is 0.160. The molecule has 5 nitrogen and oxygen atoms in total. The third kappa shape index (κ3) is 7.14. The monoisotopic (exact) mass is 580 g/mol. The number of nitrogens with two attached hydrogens (primary N) is 1. The number of aliphatic imine (C=N–C) groups is 1. The van der Waals surface area contributed by atoms with Crippen molar-refractivity contribution in [3.63, 3.8) is 0 Å². The minimum absolute atomic E-state index is 0.139. The van der Waals surface area contributed by atoms with Gasteiger partial charge in [-0.15, -0.1) is 6.58 Å². The molecule has 2 rings (SSSR count). The molecule has 0 atom stereocenters. The summed E-state index contributed by atoms with van der Waals surface area (Å²) in [7, 11) is 0. The van der Waals surface area contributed by atoms with E-state index in [1.165, 1.54) is 36.5 Å². The summed E-state index contributed by atoms with van der Waals surface area (Å²) in [5.41, 5.74) is 7.49. The lowest BCUT2D eigenvalue weighted by molar-refractivity contribution is 0.0946. The first kappa shape index (κ1) is 27.0. The quantitative estimate of drug-likeness (QED) is 0.0899. The van der Waals surface area contributed by atoms with E-state index < -0.39 is 15.7 Å². The number of pyridine rings is 1. The molecule has 0 saturated carbocycles. The van der Waals surface area contributed by atoms with Crippen LogP contribution < -0.4 is 11.1 Å². The zero-order valence-electron chi connectivity index (χ0n) is 18.5. The Balaban J connectivity index is 2.30. The van der Waals surface area contributed by atoms with Crippen LogP contribution >= 0.6 is 22.6 Å². The van der Waals surface area contributed by atoms with Crippen LogP contribution in [0.3, 0.4) is 0 Å². The van der Waals surface area contributed by atoms with E-state index in [2.05, 4.69) is 28.5 Å². The molecule has 0 bridgehead atoms. The first-order chi connectivity index (χ1) is 16.1. The van der Waals surface area contributed by atoms with Crippen molar-refractivity contribution in [2.45, 2.75) is 23.8 Å². The zero-order chi connectivity index (χ0) is 25.3. The molecule has 34 heavy (non-hydrogen) atoms. The first-order valence-corrected chi connectivity index (χ1v) is 11.2. The van der Waals surface area contributed by atoms with Crippen LogP contribution in [0.15, 0.2) is 84.7 Å². The lowest BCUT2D eigenvalue weighted by Crippen LogP contribution is -2.24. The van der Waals surface area contributed by atoms with Crippen molar-refractivity contribution in [1.82, 2.24) is 10.3 Å². The predicted molar refractivity (Wildman–Crippen MR) is 138 cm³/mol. The van der Waals surface area contributed by atoms with Crippen LogP contribution in [0.4, 0.5) is 13.2 Å². The van der Waals surface area contributed by atoms with Crippen LogP contribution in [0.1, 0.15) is 40.5 Å². The van der Waals surface area contributed by atoms with E-state index in [1.807, 2.05) is 0 Å². The Kier molecular flexibility index (Phi) is 9.79. The van der Waals surface area contributed by atoms with Gasteiger partial charge in [-0.2, -0.15) is 8.78 Å². The molecule has 0 radical (unpaired) electrons. The Bertz CT molecular complexity index is 1170. The van der Waals surface area contributed by atoms with Crippen LogP contribution in [-0.4, -0.2) is 16.7 Å². The fourth-order valence-corrected chi connectivity index (χ4v) is 3.36. The number of halogens is 4. The summed E-state index contributed by atoms with van der Waals surface area (Å²) in [4.78, 5) is 20.6. The molecule has 3 N–H and O–H groups in total. The van der Waals surface area contributed by atoms with Crippen molar-refractivity contribution < 1.29 is 18.0 Å². The minimum Gasteiger partial charge on any atom is -0.383 e. The number of allylic oxidation sites excluding steroid dienone is 4. The van der Waals surface area contributed by atoms with Gasteiger partial charge in [0.1, 0.15) is 11.7 Å². The number of hydrogen-bond acceptors (Lipinski definition) is 3. The topological polar surface area (TPSA) is 80.4 Å². The molecular weight excluding hydrogens is 556 g/mol. The Morgan fingerprint density at radius 1 is 1.29 bits per heavy atom. The number of nitrogens with zero attached hydrogens (tertiary/aromatic N) is 2. The fourth-order valence-electron chi connectivity index (χ4n) is 3.03. The Hall–Kier alpha value is -3.21. The molecule has 0 aliphatic rings. The maximum atomic E-state index is 14.9. The predicted octanol–water partition coefficient (Wildman–Crippen LogP) is 6.04. The molecule has 1 heterocycles. The highest BCUT2D eigenvalue weighted by Crippen LogP contribution is 2.35. The van der Waals surface area contributed by atoms with Crippen LogP contribution in [0.2, 0.25) is 0 Å². The number of benzene rings is 1. The zero-order valence-corrected chi connectivity index (χ0v) is 20.7. The minimum atomic E-state index is -3.07. The number of rotatable bonds is 10. The summed E-state index contributed by atoms with van der Waals surface area (Å²) >= 11 is 1.01. The summed E-state index contributed by atoms with van der Waals surface area (Å²) in [6, 6.07) is 6.48. The standard InChI is InChI=1S/C25H24F3IN4O/c1-4-7-20(23(30)32-11-5-2)19(6-3)16-8-9-21(22(26)13-16)24(34)33-15-18-14-17(10-12-31-18)25(27,28)29/h4-6,8-14H,1,3,7,15H2,2H3,(H2,30,32)(H,33,34)/b11-5-,20-19-. The SMILES string of the molecule is C=CCC(=C(\C=C)c1ccc(C(=O)NCc2cc(C(F)(F)I)ccn2)c(F)c1)/C(N)=N\C=C/C. The van der Waals surface area contributed by atoms with Gasteiger partial charge in [0.15, 0.2) is 0 Å². The van der Waals surface area contributed by atoms with Crippen molar-refractivity contribution in [3.8, 4) is 0 Å². The highest BCUT2D eigenvalue weighted by molar-refractivity contribution is 14.1. The number of carbonyl (C=O) groups is 1. The molecular formula is C25H24F3IN4O. The summed E-state index contributed by atoms with van der Waals surface area (Å²) in [6.45, 7) is 9.18. The second kappa shape index (κ2) is 12.3. The third-order valence-corrected chi connectivity index (χ3v) is 5.27. The number of hydrogen-bond donors (Lipinski definition) is 2. The molecule has 0 saturated heterocycles. The number of amides is 1. The summed E-state index contributed by atoms with van der Waals surface area (Å²) in [6.07, 6.45) is 8.05. The second-order valence-corrected chi connectivity index (χ2v) is 8.35. The van der Waals surface area contributed by atoms with Crippen molar-refractivity contribution in [1.29, 1.82) is 0 Å². The maximum absolute atomic E-state index is 14.9. The lowest BCUT2D eigenvalue weighted by atomic mass is 9.95. The van der Waals surface area contributed by atoms with E-state index in [4.69, 9.17) is 5.73 Å². The molecule has 1 amide bonds. The smallest absolute Gasteiger partial charge is 0.321 e. The van der Waals surface area contributed by atoms with Crippen LogP contribution in [0.5, 0.6) is 0 Å². The highest BCUT2D eigenvalue weighted by Gasteiger charge is 2.27. The Labute approximate surface area is 210 Å². The molecule has 0 unspecified atom stereocenters. The van der Waals surface area contributed by atoms with Crippen molar-refractivity contribution in [2.75, 3.05) is 0 Å². The number of amidine groups is 1. The van der Waals surface area contributed by atoms with Gasteiger partial charge < -0.3 is 11.1 Å². The van der Waals surface area contributed by atoms with Gasteiger partial charge in [-0.3, -0.25) is 9.78 Å². The molecule has 9 heteroatoms. The van der Waals surface area contributed by atoms with Gasteiger partial charge in [0.25, 0.3) is 5.91 Å². The van der Waals surface area contributed by atoms with E-state index in [-0.39, 0.29) is 29.2 Å². The Morgan fingerprint density at radius 2 is 2.03 bits per heavy atom. The van der Waals surface area contributed by atoms with Gasteiger partial charge in [-0.1, -0.05) is 30.9 Å². The van der Waals surface area contributed by atoms with Crippen LogP contribution in [0.25, 0.3) is 5.57 Å². The molecule has 0 aliphatic carbocycles. The van der Waals surface area contributed by atoms with Crippen molar-refractivity contribution >= 4 is 39.9 Å². The Morgan fingerprint density at radius 3 is 2.62 bits per heavy atom. The summed E-state index contributed by atoms with van der Waals surface area (Å²) < 4.78 is 38.8. The second-order valence-electron chi connectivity index (χ2n) is 7.00. The molecule has 178 valence electrons. The summed E-state index contributed by atoms with van der Waals surface area (Å²) in [5.74, 6) is -1.24. The van der Waals surface area contributed by atoms with E-state index in [1.54, 1.807) is 31.3 Å². The molecule has 1 aromatic heterocycles. The summed E-state index contributed by atoms with van der Waals surface area (Å²) in [5, 5.41) is 2.50. The van der Waals surface area contributed by atoms with Gasteiger partial charge >= 0.3 is 3.93 Å². The highest BCUT2D eigenvalue weighted by atomic mass is 127. The number of carbonyl (C=O) groups excluding carboxylic acids is 1. The van der Waals surface area contributed by atoms with Crippen LogP contribution in [0, 0.1) is 5.82 Å². The first-order valence-electron chi connectivity index (χ1n) is 10.1. The van der Waals surface area contributed by atoms with E-state index in [9.17, 15) is 18.0 Å². The molecule has 2 aromatic rings. The van der Waals surface area contributed by atoms with Crippen molar-refractivity contribution in [3.05, 3.63) is 108 Å². The van der Waals surface area contributed by atoms with E-state index >= 15 is 0 Å². The van der Waals surface area contributed by atoms with E-state index in [0.717, 1.165) is 22.6 Å². The van der Waals surface area contributed by atoms with Gasteiger partial charge in [0.2, 0.25) is 0 Å². The average molecular weight is 580 g/mol. The number of nitrogens with one attached hydrogen (secondary N) is 1. The number of alkyl halides is 3. The van der Waals surface area contributed by atoms with Crippen molar-refractivity contribution in [2.24, 2.45) is 10.7 Å².